The molecule has 1 aliphatic rings. The summed E-state index contributed by atoms with van der Waals surface area (Å²) in [5, 5.41) is 0. The summed E-state index contributed by atoms with van der Waals surface area (Å²) in [6.45, 7) is 2.72. The van der Waals surface area contributed by atoms with Crippen LogP contribution in [0.25, 0.3) is 0 Å². The largest absolute Gasteiger partial charge is 0.480 e. The predicted octanol–water partition coefficient (Wildman–Crippen LogP) is 3.29. The first kappa shape index (κ1) is 15.0. The Bertz CT molecular complexity index is 698. The highest BCUT2D eigenvalue weighted by molar-refractivity contribution is 9.10. The molecular formula is C16H14BrFN2O2. The van der Waals surface area contributed by atoms with Crippen LogP contribution >= 0.6 is 15.9 Å². The maximum atomic E-state index is 13.1. The van der Waals surface area contributed by atoms with Crippen molar-refractivity contribution in [2.24, 2.45) is 0 Å². The van der Waals surface area contributed by atoms with Crippen LogP contribution in [-0.2, 0) is 17.9 Å². The molecule has 0 radical (unpaired) electrons. The first-order valence-corrected chi connectivity index (χ1v) is 7.67. The fourth-order valence-corrected chi connectivity index (χ4v) is 2.87. The molecule has 2 heterocycles. The average Bonchev–Trinajstić information content (AvgIpc) is 2.93. The van der Waals surface area contributed by atoms with Gasteiger partial charge >= 0.3 is 0 Å². The molecule has 2 aromatic rings. The van der Waals surface area contributed by atoms with E-state index >= 15 is 0 Å². The van der Waals surface area contributed by atoms with Crippen LogP contribution in [0.1, 0.15) is 18.2 Å². The van der Waals surface area contributed by atoms with Crippen molar-refractivity contribution in [1.29, 1.82) is 0 Å². The SMILES string of the molecule is C[C@H](Oc1ccc(F)cc1Br)C(=O)N1Cc2cccnc2C1. The summed E-state index contributed by atoms with van der Waals surface area (Å²) in [4.78, 5) is 18.5. The van der Waals surface area contributed by atoms with Gasteiger partial charge in [0.1, 0.15) is 11.6 Å². The number of halogens is 2. The van der Waals surface area contributed by atoms with Gasteiger partial charge in [-0.15, -0.1) is 0 Å². The highest BCUT2D eigenvalue weighted by atomic mass is 79.9. The van der Waals surface area contributed by atoms with Gasteiger partial charge in [-0.25, -0.2) is 4.39 Å². The number of aromatic nitrogens is 1. The van der Waals surface area contributed by atoms with Crippen molar-refractivity contribution in [2.45, 2.75) is 26.1 Å². The zero-order chi connectivity index (χ0) is 15.7. The van der Waals surface area contributed by atoms with Crippen molar-refractivity contribution in [2.75, 3.05) is 0 Å². The second kappa shape index (κ2) is 6.04. The van der Waals surface area contributed by atoms with Gasteiger partial charge in [-0.3, -0.25) is 9.78 Å². The number of ether oxygens (including phenoxy) is 1. The van der Waals surface area contributed by atoms with E-state index in [0.29, 0.717) is 23.3 Å². The van der Waals surface area contributed by atoms with E-state index in [2.05, 4.69) is 20.9 Å². The molecule has 0 bridgehead atoms. The van der Waals surface area contributed by atoms with E-state index in [-0.39, 0.29) is 11.7 Å². The van der Waals surface area contributed by atoms with E-state index in [9.17, 15) is 9.18 Å². The normalized spacial score (nSPS) is 14.6. The van der Waals surface area contributed by atoms with Crippen molar-refractivity contribution in [1.82, 2.24) is 9.88 Å². The van der Waals surface area contributed by atoms with Gasteiger partial charge in [0.2, 0.25) is 0 Å². The summed E-state index contributed by atoms with van der Waals surface area (Å²) in [6, 6.07) is 7.94. The smallest absolute Gasteiger partial charge is 0.264 e. The van der Waals surface area contributed by atoms with Crippen LogP contribution < -0.4 is 4.74 Å². The van der Waals surface area contributed by atoms with E-state index in [1.165, 1.54) is 18.2 Å². The molecule has 3 rings (SSSR count). The fourth-order valence-electron chi connectivity index (χ4n) is 2.42. The van der Waals surface area contributed by atoms with E-state index < -0.39 is 6.10 Å². The third kappa shape index (κ3) is 2.97. The summed E-state index contributed by atoms with van der Waals surface area (Å²) in [5.74, 6) is -0.0365. The third-order valence-corrected chi connectivity index (χ3v) is 4.16. The highest BCUT2D eigenvalue weighted by Crippen LogP contribution is 2.27. The van der Waals surface area contributed by atoms with Gasteiger partial charge in [-0.05, 0) is 52.7 Å². The molecule has 1 amide bonds. The first-order chi connectivity index (χ1) is 10.5. The number of rotatable bonds is 3. The Balaban J connectivity index is 1.68. The summed E-state index contributed by atoms with van der Waals surface area (Å²) in [7, 11) is 0. The molecule has 0 saturated heterocycles. The van der Waals surface area contributed by atoms with Crippen LogP contribution in [0.4, 0.5) is 4.39 Å². The monoisotopic (exact) mass is 364 g/mol. The molecule has 1 aliphatic heterocycles. The molecule has 1 aromatic carbocycles. The highest BCUT2D eigenvalue weighted by Gasteiger charge is 2.28. The Kier molecular flexibility index (Phi) is 4.11. The summed E-state index contributed by atoms with van der Waals surface area (Å²) < 4.78 is 19.2. The predicted molar refractivity (Wildman–Crippen MR) is 82.7 cm³/mol. The van der Waals surface area contributed by atoms with Crippen LogP contribution in [0.2, 0.25) is 0 Å². The van der Waals surface area contributed by atoms with Crippen molar-refractivity contribution in [3.63, 3.8) is 0 Å². The lowest BCUT2D eigenvalue weighted by atomic mass is 10.2. The Morgan fingerprint density at radius 3 is 2.95 bits per heavy atom. The van der Waals surface area contributed by atoms with Crippen molar-refractivity contribution in [3.05, 3.63) is 58.1 Å². The average molecular weight is 365 g/mol. The zero-order valence-electron chi connectivity index (χ0n) is 11.9. The lowest BCUT2D eigenvalue weighted by Gasteiger charge is -2.21. The van der Waals surface area contributed by atoms with E-state index in [4.69, 9.17) is 4.74 Å². The fraction of sp³-hybridized carbons (Fsp3) is 0.250. The summed E-state index contributed by atoms with van der Waals surface area (Å²) in [6.07, 6.45) is 1.07. The van der Waals surface area contributed by atoms with Crippen molar-refractivity contribution < 1.29 is 13.9 Å². The molecule has 0 unspecified atom stereocenters. The minimum absolute atomic E-state index is 0.116. The van der Waals surface area contributed by atoms with Gasteiger partial charge in [0.05, 0.1) is 16.7 Å². The Hall–Kier alpha value is -1.95. The molecule has 1 aromatic heterocycles. The maximum absolute atomic E-state index is 13.1. The topological polar surface area (TPSA) is 42.4 Å². The number of nitrogens with zero attached hydrogens (tertiary/aromatic N) is 2. The van der Waals surface area contributed by atoms with Gasteiger partial charge in [-0.1, -0.05) is 6.07 Å². The first-order valence-electron chi connectivity index (χ1n) is 6.88. The number of carbonyl (C=O) groups is 1. The van der Waals surface area contributed by atoms with Gasteiger partial charge in [0.25, 0.3) is 5.91 Å². The Morgan fingerprint density at radius 1 is 1.41 bits per heavy atom. The number of amides is 1. The molecule has 0 saturated carbocycles. The molecule has 1 atom stereocenters. The second-order valence-corrected chi connectivity index (χ2v) is 5.99. The quantitative estimate of drug-likeness (QED) is 0.838. The number of carbonyl (C=O) groups excluding carboxylic acids is 1. The zero-order valence-corrected chi connectivity index (χ0v) is 13.5. The maximum Gasteiger partial charge on any atom is 0.264 e. The van der Waals surface area contributed by atoms with E-state index in [1.54, 1.807) is 18.0 Å². The molecule has 114 valence electrons. The number of benzene rings is 1. The lowest BCUT2D eigenvalue weighted by Crippen LogP contribution is -2.37. The van der Waals surface area contributed by atoms with Crippen LogP contribution in [0.3, 0.4) is 0 Å². The number of hydrogen-bond donors (Lipinski definition) is 0. The lowest BCUT2D eigenvalue weighted by molar-refractivity contribution is -0.138. The minimum Gasteiger partial charge on any atom is -0.480 e. The summed E-state index contributed by atoms with van der Waals surface area (Å²) >= 11 is 3.23. The molecule has 0 spiro atoms. The minimum atomic E-state index is -0.656. The van der Waals surface area contributed by atoms with Crippen LogP contribution in [0, 0.1) is 5.82 Å². The van der Waals surface area contributed by atoms with E-state index in [1.807, 2.05) is 12.1 Å². The van der Waals surface area contributed by atoms with Crippen LogP contribution in [0.5, 0.6) is 5.75 Å². The standard InChI is InChI=1S/C16H14BrFN2O2/c1-10(22-15-5-4-12(18)7-13(15)17)16(21)20-8-11-3-2-6-19-14(11)9-20/h2-7,10H,8-9H2,1H3/t10-/m0/s1. The van der Waals surface area contributed by atoms with Crippen molar-refractivity contribution in [3.8, 4) is 5.75 Å². The van der Waals surface area contributed by atoms with Gasteiger partial charge in [0.15, 0.2) is 6.10 Å². The second-order valence-electron chi connectivity index (χ2n) is 5.14. The Morgan fingerprint density at radius 2 is 2.23 bits per heavy atom. The van der Waals surface area contributed by atoms with Gasteiger partial charge in [0, 0.05) is 12.7 Å². The van der Waals surface area contributed by atoms with Gasteiger partial charge < -0.3 is 9.64 Å². The molecule has 0 fully saturated rings. The molecular weight excluding hydrogens is 351 g/mol. The van der Waals surface area contributed by atoms with Crippen molar-refractivity contribution >= 4 is 21.8 Å². The van der Waals surface area contributed by atoms with Crippen LogP contribution in [0.15, 0.2) is 41.0 Å². The molecule has 0 aliphatic carbocycles. The molecule has 4 nitrogen and oxygen atoms in total. The van der Waals surface area contributed by atoms with Crippen LogP contribution in [-0.4, -0.2) is 21.9 Å². The Labute approximate surface area is 136 Å². The summed E-state index contributed by atoms with van der Waals surface area (Å²) in [5.41, 5.74) is 1.98. The third-order valence-electron chi connectivity index (χ3n) is 3.54. The molecule has 6 heteroatoms. The van der Waals surface area contributed by atoms with Gasteiger partial charge in [-0.2, -0.15) is 0 Å². The number of pyridine rings is 1. The number of hydrogen-bond acceptors (Lipinski definition) is 3. The van der Waals surface area contributed by atoms with E-state index in [0.717, 1.165) is 11.3 Å². The molecule has 0 N–H and O–H groups in total. The number of fused-ring (bicyclic) bond motifs is 1. The molecule has 22 heavy (non-hydrogen) atoms.